The smallest absolute Gasteiger partial charge is 0.321 e. The number of hydrogen-bond acceptors (Lipinski definition) is 4. The largest absolute Gasteiger partial charge is 0.497 e. The molecule has 0 atom stereocenters. The molecule has 0 aliphatic carbocycles. The molecule has 2 aromatic carbocycles. The number of carbonyl (C=O) groups excluding carboxylic acids is 2. The third-order valence-electron chi connectivity index (χ3n) is 5.20. The molecule has 0 unspecified atom stereocenters. The average molecular weight is 413 g/mol. The van der Waals surface area contributed by atoms with Crippen molar-refractivity contribution in [3.63, 3.8) is 0 Å². The highest BCUT2D eigenvalue weighted by molar-refractivity contribution is 6.47. The van der Waals surface area contributed by atoms with Crippen LogP contribution in [0.15, 0.2) is 53.5 Å². The van der Waals surface area contributed by atoms with Crippen molar-refractivity contribution in [1.82, 2.24) is 10.2 Å². The monoisotopic (exact) mass is 412 g/mol. The fourth-order valence-electron chi connectivity index (χ4n) is 3.59. The summed E-state index contributed by atoms with van der Waals surface area (Å²) >= 11 is 5.93. The maximum atomic E-state index is 12.6. The molecule has 1 fully saturated rings. The second-order valence-corrected chi connectivity index (χ2v) is 7.54. The van der Waals surface area contributed by atoms with Crippen LogP contribution in [0, 0.1) is 0 Å². The Bertz CT molecular complexity index is 966. The molecule has 4 rings (SSSR count). The number of piperidine rings is 1. The van der Waals surface area contributed by atoms with Crippen molar-refractivity contribution in [2.24, 2.45) is 4.99 Å². The van der Waals surface area contributed by atoms with Gasteiger partial charge < -0.3 is 20.3 Å². The van der Waals surface area contributed by atoms with Gasteiger partial charge in [-0.25, -0.2) is 4.79 Å². The number of aliphatic imine (C=N–C) groups is 1. The molecule has 1 spiro atoms. The van der Waals surface area contributed by atoms with Gasteiger partial charge in [-0.05, 0) is 24.3 Å². The van der Waals surface area contributed by atoms with Crippen LogP contribution in [0.1, 0.15) is 18.4 Å². The highest BCUT2D eigenvalue weighted by Gasteiger charge is 2.42. The second kappa shape index (κ2) is 7.75. The molecule has 0 radical (unpaired) electrons. The molecule has 1 saturated heterocycles. The number of nitrogens with one attached hydrogen (secondary N) is 2. The standard InChI is InChI=1S/C21H21ClN4O3/c1-29-17-4-2-3-16(13-17)23-20(28)26-11-9-21(10-12-26)24-18(19(27)25-21)14-5-7-15(22)8-6-14/h2-8,13H,9-12H2,1H3,(H,23,28)(H,25,27). The maximum Gasteiger partial charge on any atom is 0.321 e. The van der Waals surface area contributed by atoms with E-state index in [1.165, 1.54) is 0 Å². The first-order chi connectivity index (χ1) is 14.0. The third kappa shape index (κ3) is 4.05. The predicted molar refractivity (Wildman–Crippen MR) is 112 cm³/mol. The molecular formula is C21H21ClN4O3. The second-order valence-electron chi connectivity index (χ2n) is 7.10. The van der Waals surface area contributed by atoms with E-state index in [0.29, 0.717) is 48.1 Å². The molecule has 2 heterocycles. The molecule has 3 amide bonds. The normalized spacial score (nSPS) is 17.7. The molecule has 8 heteroatoms. The summed E-state index contributed by atoms with van der Waals surface area (Å²) in [7, 11) is 1.58. The van der Waals surface area contributed by atoms with Crippen LogP contribution in [-0.2, 0) is 4.79 Å². The van der Waals surface area contributed by atoms with Crippen molar-refractivity contribution in [2.75, 3.05) is 25.5 Å². The Morgan fingerprint density at radius 3 is 2.62 bits per heavy atom. The number of rotatable bonds is 3. The molecular weight excluding hydrogens is 392 g/mol. The summed E-state index contributed by atoms with van der Waals surface area (Å²) in [5, 5.41) is 6.50. The Kier molecular flexibility index (Phi) is 5.15. The number of methoxy groups -OCH3 is 1. The van der Waals surface area contributed by atoms with E-state index in [2.05, 4.69) is 10.6 Å². The van der Waals surface area contributed by atoms with Crippen LogP contribution in [0.4, 0.5) is 10.5 Å². The van der Waals surface area contributed by atoms with Gasteiger partial charge in [0.05, 0.1) is 7.11 Å². The minimum absolute atomic E-state index is 0.181. The lowest BCUT2D eigenvalue weighted by molar-refractivity contribution is -0.115. The number of urea groups is 1. The van der Waals surface area contributed by atoms with Gasteiger partial charge in [0.1, 0.15) is 17.1 Å². The van der Waals surface area contributed by atoms with Gasteiger partial charge in [-0.1, -0.05) is 29.8 Å². The first-order valence-electron chi connectivity index (χ1n) is 9.36. The molecule has 2 aliphatic heterocycles. The summed E-state index contributed by atoms with van der Waals surface area (Å²) in [6, 6.07) is 14.1. The number of likely N-dealkylation sites (tertiary alicyclic amines) is 1. The van der Waals surface area contributed by atoms with Gasteiger partial charge in [-0.15, -0.1) is 0 Å². The van der Waals surface area contributed by atoms with Crippen LogP contribution in [0.3, 0.4) is 0 Å². The zero-order valence-electron chi connectivity index (χ0n) is 15.9. The Morgan fingerprint density at radius 1 is 1.21 bits per heavy atom. The van der Waals surface area contributed by atoms with Gasteiger partial charge in [-0.2, -0.15) is 0 Å². The Hall–Kier alpha value is -3.06. The topological polar surface area (TPSA) is 83.0 Å². The lowest BCUT2D eigenvalue weighted by Gasteiger charge is -2.37. The molecule has 7 nitrogen and oxygen atoms in total. The molecule has 29 heavy (non-hydrogen) atoms. The van der Waals surface area contributed by atoms with Crippen LogP contribution < -0.4 is 15.4 Å². The Morgan fingerprint density at radius 2 is 1.93 bits per heavy atom. The number of carbonyl (C=O) groups is 2. The van der Waals surface area contributed by atoms with Crippen LogP contribution in [-0.4, -0.2) is 48.4 Å². The van der Waals surface area contributed by atoms with E-state index in [9.17, 15) is 9.59 Å². The van der Waals surface area contributed by atoms with Gasteiger partial charge in [-0.3, -0.25) is 9.79 Å². The highest BCUT2D eigenvalue weighted by atomic mass is 35.5. The van der Waals surface area contributed by atoms with Crippen molar-refractivity contribution in [1.29, 1.82) is 0 Å². The minimum Gasteiger partial charge on any atom is -0.497 e. The number of ether oxygens (including phenoxy) is 1. The van der Waals surface area contributed by atoms with E-state index in [1.807, 2.05) is 18.2 Å². The number of hydrogen-bond donors (Lipinski definition) is 2. The third-order valence-corrected chi connectivity index (χ3v) is 5.46. The van der Waals surface area contributed by atoms with Crippen molar-refractivity contribution >= 4 is 34.9 Å². The van der Waals surface area contributed by atoms with Gasteiger partial charge >= 0.3 is 6.03 Å². The lowest BCUT2D eigenvalue weighted by Crippen LogP contribution is -2.53. The number of amides is 3. The van der Waals surface area contributed by atoms with Crippen molar-refractivity contribution in [3.8, 4) is 5.75 Å². The highest BCUT2D eigenvalue weighted by Crippen LogP contribution is 2.29. The van der Waals surface area contributed by atoms with Crippen LogP contribution in [0.25, 0.3) is 0 Å². The fourth-order valence-corrected chi connectivity index (χ4v) is 3.71. The van der Waals surface area contributed by atoms with E-state index in [4.69, 9.17) is 21.3 Å². The van der Waals surface area contributed by atoms with Crippen molar-refractivity contribution < 1.29 is 14.3 Å². The molecule has 0 aromatic heterocycles. The van der Waals surface area contributed by atoms with Crippen LogP contribution >= 0.6 is 11.6 Å². The number of benzene rings is 2. The van der Waals surface area contributed by atoms with Crippen LogP contribution in [0.5, 0.6) is 5.75 Å². The van der Waals surface area contributed by atoms with Gasteiger partial charge in [0.25, 0.3) is 5.91 Å². The van der Waals surface area contributed by atoms with Gasteiger partial charge in [0.15, 0.2) is 0 Å². The molecule has 0 saturated carbocycles. The molecule has 2 aliphatic rings. The lowest BCUT2D eigenvalue weighted by atomic mass is 9.98. The molecule has 2 aromatic rings. The molecule has 0 bridgehead atoms. The van der Waals surface area contributed by atoms with Crippen molar-refractivity contribution in [3.05, 3.63) is 59.1 Å². The van der Waals surface area contributed by atoms with Crippen molar-refractivity contribution in [2.45, 2.75) is 18.5 Å². The zero-order chi connectivity index (χ0) is 20.4. The molecule has 2 N–H and O–H groups in total. The summed E-state index contributed by atoms with van der Waals surface area (Å²) in [4.78, 5) is 31.5. The SMILES string of the molecule is COc1cccc(NC(=O)N2CCC3(CC2)N=C(c2ccc(Cl)cc2)C(=O)N3)c1. The first kappa shape index (κ1) is 19.3. The number of nitrogens with zero attached hydrogens (tertiary/aromatic N) is 2. The van der Waals surface area contributed by atoms with E-state index in [1.54, 1.807) is 42.3 Å². The quantitative estimate of drug-likeness (QED) is 0.811. The first-order valence-corrected chi connectivity index (χ1v) is 9.74. The Balaban J connectivity index is 1.41. The summed E-state index contributed by atoms with van der Waals surface area (Å²) < 4.78 is 5.18. The Labute approximate surface area is 173 Å². The minimum atomic E-state index is -0.654. The summed E-state index contributed by atoms with van der Waals surface area (Å²) in [6.07, 6.45) is 1.11. The summed E-state index contributed by atoms with van der Waals surface area (Å²) in [5.41, 5.74) is 1.17. The van der Waals surface area contributed by atoms with E-state index in [0.717, 1.165) is 5.56 Å². The van der Waals surface area contributed by atoms with E-state index >= 15 is 0 Å². The van der Waals surface area contributed by atoms with Gasteiger partial charge in [0.2, 0.25) is 0 Å². The zero-order valence-corrected chi connectivity index (χ0v) is 16.7. The summed E-state index contributed by atoms with van der Waals surface area (Å²) in [6.45, 7) is 0.987. The molecule has 150 valence electrons. The summed E-state index contributed by atoms with van der Waals surface area (Å²) in [5.74, 6) is 0.486. The van der Waals surface area contributed by atoms with E-state index in [-0.39, 0.29) is 11.9 Å². The van der Waals surface area contributed by atoms with Gasteiger partial charge in [0, 0.05) is 48.3 Å². The van der Waals surface area contributed by atoms with Crippen LogP contribution in [0.2, 0.25) is 5.02 Å². The number of anilines is 1. The number of halogens is 1. The average Bonchev–Trinajstić information content (AvgIpc) is 3.04. The maximum absolute atomic E-state index is 12.6. The predicted octanol–water partition coefficient (Wildman–Crippen LogP) is 3.29. The van der Waals surface area contributed by atoms with E-state index < -0.39 is 5.66 Å². The fraction of sp³-hybridized carbons (Fsp3) is 0.286.